The fourth-order valence-electron chi connectivity index (χ4n) is 3.75. The predicted octanol–water partition coefficient (Wildman–Crippen LogP) is 2.88. The lowest BCUT2D eigenvalue weighted by atomic mass is 10.1. The summed E-state index contributed by atoms with van der Waals surface area (Å²) >= 11 is 0. The Morgan fingerprint density at radius 2 is 2.07 bits per heavy atom. The number of hydrogen-bond donors (Lipinski definition) is 0. The SMILES string of the molecule is CC(c1ccc(F)c(F)c1)N(C)C(=O)CN(C)CC1CCCN1c1cccnn1. The maximum Gasteiger partial charge on any atom is 0.236 e. The normalized spacial score (nSPS) is 17.6. The molecule has 0 spiro atoms. The monoisotopic (exact) mass is 403 g/mol. The first-order valence-electron chi connectivity index (χ1n) is 9.80. The van der Waals surface area contributed by atoms with Crippen LogP contribution in [0.1, 0.15) is 31.4 Å². The van der Waals surface area contributed by atoms with Gasteiger partial charge in [-0.05, 0) is 56.6 Å². The molecule has 1 fully saturated rings. The van der Waals surface area contributed by atoms with E-state index in [9.17, 15) is 13.6 Å². The molecule has 1 aliphatic rings. The summed E-state index contributed by atoms with van der Waals surface area (Å²) in [5.41, 5.74) is 0.562. The van der Waals surface area contributed by atoms with Gasteiger partial charge in [0.05, 0.1) is 12.6 Å². The van der Waals surface area contributed by atoms with E-state index in [1.807, 2.05) is 24.1 Å². The first-order chi connectivity index (χ1) is 13.9. The molecule has 2 heterocycles. The molecule has 1 amide bonds. The maximum absolute atomic E-state index is 13.5. The topological polar surface area (TPSA) is 52.6 Å². The lowest BCUT2D eigenvalue weighted by Gasteiger charge is -2.31. The Morgan fingerprint density at radius 1 is 1.28 bits per heavy atom. The molecule has 1 aromatic heterocycles. The number of halogens is 2. The van der Waals surface area contributed by atoms with Crippen LogP contribution in [0.4, 0.5) is 14.6 Å². The van der Waals surface area contributed by atoms with E-state index in [0.717, 1.165) is 43.9 Å². The number of hydrogen-bond acceptors (Lipinski definition) is 5. The van der Waals surface area contributed by atoms with Gasteiger partial charge in [0.15, 0.2) is 17.5 Å². The second kappa shape index (κ2) is 9.26. The highest BCUT2D eigenvalue weighted by molar-refractivity contribution is 5.78. The molecule has 2 unspecified atom stereocenters. The van der Waals surface area contributed by atoms with Crippen LogP contribution in [0.3, 0.4) is 0 Å². The zero-order valence-corrected chi connectivity index (χ0v) is 17.1. The number of likely N-dealkylation sites (N-methyl/N-ethyl adjacent to an activating group) is 2. The van der Waals surface area contributed by atoms with Crippen molar-refractivity contribution < 1.29 is 13.6 Å². The van der Waals surface area contributed by atoms with Gasteiger partial charge in [0, 0.05) is 32.4 Å². The lowest BCUT2D eigenvalue weighted by molar-refractivity contribution is -0.132. The van der Waals surface area contributed by atoms with Crippen molar-refractivity contribution >= 4 is 11.7 Å². The third-order valence-electron chi connectivity index (χ3n) is 5.56. The first-order valence-corrected chi connectivity index (χ1v) is 9.80. The van der Waals surface area contributed by atoms with Crippen LogP contribution in [0.15, 0.2) is 36.5 Å². The Balaban J connectivity index is 1.57. The maximum atomic E-state index is 13.5. The molecule has 1 aliphatic heterocycles. The first kappa shape index (κ1) is 21.1. The fourth-order valence-corrected chi connectivity index (χ4v) is 3.75. The smallest absolute Gasteiger partial charge is 0.236 e. The number of aromatic nitrogens is 2. The van der Waals surface area contributed by atoms with E-state index >= 15 is 0 Å². The van der Waals surface area contributed by atoms with Gasteiger partial charge in [-0.25, -0.2) is 8.78 Å². The Labute approximate surface area is 170 Å². The summed E-state index contributed by atoms with van der Waals surface area (Å²) < 4.78 is 26.7. The highest BCUT2D eigenvalue weighted by Crippen LogP contribution is 2.24. The number of nitrogens with zero attached hydrogens (tertiary/aromatic N) is 5. The molecule has 156 valence electrons. The number of rotatable bonds is 7. The zero-order chi connectivity index (χ0) is 21.0. The van der Waals surface area contributed by atoms with Crippen LogP contribution >= 0.6 is 0 Å². The van der Waals surface area contributed by atoms with Gasteiger partial charge < -0.3 is 9.80 Å². The van der Waals surface area contributed by atoms with Crippen molar-refractivity contribution in [2.75, 3.05) is 38.6 Å². The molecule has 29 heavy (non-hydrogen) atoms. The summed E-state index contributed by atoms with van der Waals surface area (Å²) in [5.74, 6) is -1.01. The number of carbonyl (C=O) groups is 1. The van der Waals surface area contributed by atoms with Crippen molar-refractivity contribution in [3.05, 3.63) is 53.7 Å². The molecule has 6 nitrogen and oxygen atoms in total. The van der Waals surface area contributed by atoms with E-state index < -0.39 is 11.6 Å². The zero-order valence-electron chi connectivity index (χ0n) is 17.1. The van der Waals surface area contributed by atoms with Gasteiger partial charge in [-0.2, -0.15) is 5.10 Å². The Kier molecular flexibility index (Phi) is 6.74. The molecule has 1 aromatic carbocycles. The summed E-state index contributed by atoms with van der Waals surface area (Å²) in [6.45, 7) is 3.71. The average Bonchev–Trinajstić information content (AvgIpc) is 3.17. The number of anilines is 1. The second-order valence-electron chi connectivity index (χ2n) is 7.62. The quantitative estimate of drug-likeness (QED) is 0.712. The molecular formula is C21H27F2N5O. The van der Waals surface area contributed by atoms with Crippen molar-refractivity contribution in [2.45, 2.75) is 31.8 Å². The van der Waals surface area contributed by atoms with Crippen LogP contribution < -0.4 is 4.90 Å². The molecular weight excluding hydrogens is 376 g/mol. The van der Waals surface area contributed by atoms with Crippen LogP contribution in [0, 0.1) is 11.6 Å². The molecule has 2 atom stereocenters. The van der Waals surface area contributed by atoms with Crippen molar-refractivity contribution in [1.29, 1.82) is 0 Å². The van der Waals surface area contributed by atoms with Gasteiger partial charge in [-0.1, -0.05) is 6.07 Å². The molecule has 3 rings (SSSR count). The summed E-state index contributed by atoms with van der Waals surface area (Å²) in [4.78, 5) is 18.5. The van der Waals surface area contributed by atoms with Crippen LogP contribution in [-0.4, -0.2) is 65.7 Å². The van der Waals surface area contributed by atoms with Crippen molar-refractivity contribution in [1.82, 2.24) is 20.0 Å². The van der Waals surface area contributed by atoms with Gasteiger partial charge in [-0.15, -0.1) is 5.10 Å². The van der Waals surface area contributed by atoms with Gasteiger partial charge in [0.2, 0.25) is 5.91 Å². The fraction of sp³-hybridized carbons (Fsp3) is 0.476. The van der Waals surface area contributed by atoms with E-state index in [1.54, 1.807) is 25.1 Å². The van der Waals surface area contributed by atoms with E-state index in [-0.39, 0.29) is 24.5 Å². The largest absolute Gasteiger partial charge is 0.351 e. The van der Waals surface area contributed by atoms with Gasteiger partial charge in [0.25, 0.3) is 0 Å². The van der Waals surface area contributed by atoms with Gasteiger partial charge in [-0.3, -0.25) is 9.69 Å². The van der Waals surface area contributed by atoms with Crippen molar-refractivity contribution in [2.24, 2.45) is 0 Å². The molecule has 0 N–H and O–H groups in total. The minimum Gasteiger partial charge on any atom is -0.351 e. The van der Waals surface area contributed by atoms with Crippen LogP contribution in [0.5, 0.6) is 0 Å². The van der Waals surface area contributed by atoms with E-state index in [2.05, 4.69) is 15.1 Å². The van der Waals surface area contributed by atoms with Crippen LogP contribution in [-0.2, 0) is 4.79 Å². The highest BCUT2D eigenvalue weighted by atomic mass is 19.2. The number of amides is 1. The van der Waals surface area contributed by atoms with Crippen LogP contribution in [0.25, 0.3) is 0 Å². The summed E-state index contributed by atoms with van der Waals surface area (Å²) in [7, 11) is 3.60. The Hall–Kier alpha value is -2.61. The Bertz CT molecular complexity index is 835. The summed E-state index contributed by atoms with van der Waals surface area (Å²) in [6, 6.07) is 7.49. The highest BCUT2D eigenvalue weighted by Gasteiger charge is 2.28. The Morgan fingerprint density at radius 3 is 2.76 bits per heavy atom. The second-order valence-corrected chi connectivity index (χ2v) is 7.62. The standard InChI is InChI=1S/C21H27F2N5O/c1-15(16-8-9-18(22)19(23)12-16)27(3)21(29)14-26(2)13-17-6-5-11-28(17)20-7-4-10-24-25-20/h4,7-10,12,15,17H,5-6,11,13-14H2,1-3H3. The van der Waals surface area contributed by atoms with Crippen molar-refractivity contribution in [3.8, 4) is 0 Å². The minimum atomic E-state index is -0.905. The molecule has 1 saturated heterocycles. The molecule has 2 aromatic rings. The van der Waals surface area contributed by atoms with E-state index in [4.69, 9.17) is 0 Å². The average molecular weight is 403 g/mol. The van der Waals surface area contributed by atoms with Gasteiger partial charge >= 0.3 is 0 Å². The summed E-state index contributed by atoms with van der Waals surface area (Å²) in [5, 5.41) is 8.16. The third kappa shape index (κ3) is 5.06. The number of carbonyl (C=O) groups excluding carboxylic acids is 1. The summed E-state index contributed by atoms with van der Waals surface area (Å²) in [6.07, 6.45) is 3.77. The van der Waals surface area contributed by atoms with Crippen molar-refractivity contribution in [3.63, 3.8) is 0 Å². The third-order valence-corrected chi connectivity index (χ3v) is 5.56. The molecule has 0 saturated carbocycles. The molecule has 0 aliphatic carbocycles. The van der Waals surface area contributed by atoms with E-state index in [0.29, 0.717) is 5.56 Å². The lowest BCUT2D eigenvalue weighted by Crippen LogP contribution is -2.44. The van der Waals surface area contributed by atoms with Crippen LogP contribution in [0.2, 0.25) is 0 Å². The molecule has 8 heteroatoms. The van der Waals surface area contributed by atoms with E-state index in [1.165, 1.54) is 6.07 Å². The number of benzene rings is 1. The van der Waals surface area contributed by atoms with Gasteiger partial charge in [0.1, 0.15) is 0 Å². The predicted molar refractivity (Wildman–Crippen MR) is 107 cm³/mol. The minimum absolute atomic E-state index is 0.0752. The molecule has 0 radical (unpaired) electrons. The molecule has 0 bridgehead atoms.